The van der Waals surface area contributed by atoms with Gasteiger partial charge in [0.25, 0.3) is 0 Å². The molecule has 76 valence electrons. The summed E-state index contributed by atoms with van der Waals surface area (Å²) in [6, 6.07) is 9.13. The summed E-state index contributed by atoms with van der Waals surface area (Å²) in [6.45, 7) is 1.67. The minimum Gasteiger partial charge on any atom is -0.453 e. The van der Waals surface area contributed by atoms with E-state index in [0.29, 0.717) is 17.2 Å². The van der Waals surface area contributed by atoms with E-state index in [4.69, 9.17) is 9.62 Å². The van der Waals surface area contributed by atoms with Crippen LogP contribution >= 0.6 is 0 Å². The van der Waals surface area contributed by atoms with Crippen molar-refractivity contribution in [3.05, 3.63) is 42.3 Å². The van der Waals surface area contributed by atoms with Crippen LogP contribution in [0, 0.1) is 0 Å². The fraction of sp³-hybridized carbons (Fsp3) is 0.0909. The molecule has 0 aromatic carbocycles. The van der Waals surface area contributed by atoms with Gasteiger partial charge in [-0.05, 0) is 31.2 Å². The normalized spacial score (nSPS) is 11.7. The Morgan fingerprint density at radius 1 is 1.33 bits per heavy atom. The summed E-state index contributed by atoms with van der Waals surface area (Å²) < 4.78 is 5.47. The van der Waals surface area contributed by atoms with E-state index in [1.807, 2.05) is 18.2 Å². The molecule has 1 N–H and O–H groups in total. The van der Waals surface area contributed by atoms with Crippen LogP contribution in [0.25, 0.3) is 11.5 Å². The van der Waals surface area contributed by atoms with E-state index in [-0.39, 0.29) is 0 Å². The number of hydrogen-bond acceptors (Lipinski definition) is 4. The average molecular weight is 202 g/mol. The van der Waals surface area contributed by atoms with Crippen molar-refractivity contribution in [1.82, 2.24) is 4.98 Å². The lowest BCUT2D eigenvalue weighted by atomic mass is 10.3. The minimum atomic E-state index is 0.442. The van der Waals surface area contributed by atoms with Gasteiger partial charge in [-0.3, -0.25) is 4.98 Å². The van der Waals surface area contributed by atoms with Crippen molar-refractivity contribution in [2.45, 2.75) is 6.92 Å². The van der Waals surface area contributed by atoms with Crippen molar-refractivity contribution in [2.75, 3.05) is 0 Å². The van der Waals surface area contributed by atoms with E-state index in [0.717, 1.165) is 5.69 Å². The first-order chi connectivity index (χ1) is 7.31. The molecule has 4 nitrogen and oxygen atoms in total. The molecule has 0 unspecified atom stereocenters. The first-order valence-corrected chi connectivity index (χ1v) is 4.51. The molecule has 0 saturated carbocycles. The minimum absolute atomic E-state index is 0.442. The van der Waals surface area contributed by atoms with Crippen LogP contribution in [0.4, 0.5) is 0 Å². The Labute approximate surface area is 86.9 Å². The Hall–Kier alpha value is -2.10. The molecule has 2 aromatic heterocycles. The third-order valence-corrected chi connectivity index (χ3v) is 2.03. The molecule has 0 radical (unpaired) electrons. The summed E-state index contributed by atoms with van der Waals surface area (Å²) in [5, 5.41) is 11.6. The van der Waals surface area contributed by atoms with Crippen molar-refractivity contribution < 1.29 is 9.62 Å². The van der Waals surface area contributed by atoms with Crippen molar-refractivity contribution >= 4 is 5.71 Å². The van der Waals surface area contributed by atoms with E-state index in [9.17, 15) is 0 Å². The van der Waals surface area contributed by atoms with Gasteiger partial charge in [-0.15, -0.1) is 0 Å². The first-order valence-electron chi connectivity index (χ1n) is 4.51. The predicted molar refractivity (Wildman–Crippen MR) is 55.9 cm³/mol. The summed E-state index contributed by atoms with van der Waals surface area (Å²) in [5.41, 5.74) is 1.20. The second kappa shape index (κ2) is 3.96. The molecule has 0 bridgehead atoms. The van der Waals surface area contributed by atoms with Crippen molar-refractivity contribution in [3.8, 4) is 11.5 Å². The van der Waals surface area contributed by atoms with E-state index >= 15 is 0 Å². The summed E-state index contributed by atoms with van der Waals surface area (Å²) >= 11 is 0. The molecule has 0 aliphatic rings. The molecule has 0 aliphatic heterocycles. The highest BCUT2D eigenvalue weighted by molar-refractivity contribution is 5.96. The van der Waals surface area contributed by atoms with Crippen LogP contribution < -0.4 is 0 Å². The first kappa shape index (κ1) is 9.45. The average Bonchev–Trinajstić information content (AvgIpc) is 2.78. The lowest BCUT2D eigenvalue weighted by Gasteiger charge is -1.94. The Kier molecular flexibility index (Phi) is 2.49. The van der Waals surface area contributed by atoms with Crippen LogP contribution in [0.5, 0.6) is 0 Å². The Balaban J connectivity index is 2.36. The molecule has 0 spiro atoms. The summed E-state index contributed by atoms with van der Waals surface area (Å²) in [7, 11) is 0. The Bertz CT molecular complexity index is 474. The van der Waals surface area contributed by atoms with Gasteiger partial charge >= 0.3 is 0 Å². The highest BCUT2D eigenvalue weighted by Crippen LogP contribution is 2.19. The topological polar surface area (TPSA) is 58.6 Å². The monoisotopic (exact) mass is 202 g/mol. The second-order valence-electron chi connectivity index (χ2n) is 3.06. The molecule has 2 heterocycles. The second-order valence-corrected chi connectivity index (χ2v) is 3.06. The van der Waals surface area contributed by atoms with E-state index in [1.54, 1.807) is 25.3 Å². The molecule has 0 atom stereocenters. The standard InChI is InChI=1S/C11H10N2O2/c1-8(13-14)10-5-6-11(15-10)9-4-2-3-7-12-9/h2-7,14H,1H3/b13-8+. The third kappa shape index (κ3) is 1.88. The van der Waals surface area contributed by atoms with Gasteiger partial charge in [0.1, 0.15) is 11.4 Å². The number of hydrogen-bond donors (Lipinski definition) is 1. The maximum Gasteiger partial charge on any atom is 0.153 e. The number of oxime groups is 1. The molecule has 0 aliphatic carbocycles. The molecule has 0 amide bonds. The summed E-state index contributed by atoms with van der Waals surface area (Å²) in [5.74, 6) is 1.20. The molecule has 4 heteroatoms. The zero-order valence-electron chi connectivity index (χ0n) is 8.21. The largest absolute Gasteiger partial charge is 0.453 e. The lowest BCUT2D eigenvalue weighted by molar-refractivity contribution is 0.317. The van der Waals surface area contributed by atoms with Crippen LogP contribution in [0.2, 0.25) is 0 Å². The molecular weight excluding hydrogens is 192 g/mol. The number of nitrogens with zero attached hydrogens (tertiary/aromatic N) is 2. The zero-order chi connectivity index (χ0) is 10.7. The van der Waals surface area contributed by atoms with Gasteiger partial charge in [-0.2, -0.15) is 0 Å². The highest BCUT2D eigenvalue weighted by Gasteiger charge is 2.07. The van der Waals surface area contributed by atoms with Gasteiger partial charge in [-0.1, -0.05) is 11.2 Å². The van der Waals surface area contributed by atoms with Gasteiger partial charge in [0.2, 0.25) is 0 Å². The van der Waals surface area contributed by atoms with Crippen molar-refractivity contribution in [3.63, 3.8) is 0 Å². The highest BCUT2D eigenvalue weighted by atomic mass is 16.4. The van der Waals surface area contributed by atoms with Crippen LogP contribution in [0.15, 0.2) is 46.1 Å². The van der Waals surface area contributed by atoms with Gasteiger partial charge in [-0.25, -0.2) is 0 Å². The maximum atomic E-state index is 8.58. The lowest BCUT2D eigenvalue weighted by Crippen LogP contribution is -1.90. The Morgan fingerprint density at radius 2 is 2.20 bits per heavy atom. The molecule has 2 aromatic rings. The number of rotatable bonds is 2. The number of pyridine rings is 1. The molecular formula is C11H10N2O2. The molecule has 0 fully saturated rings. The molecule has 15 heavy (non-hydrogen) atoms. The van der Waals surface area contributed by atoms with Crippen LogP contribution in [0.3, 0.4) is 0 Å². The smallest absolute Gasteiger partial charge is 0.153 e. The van der Waals surface area contributed by atoms with Crippen molar-refractivity contribution in [2.24, 2.45) is 5.16 Å². The van der Waals surface area contributed by atoms with E-state index in [2.05, 4.69) is 10.1 Å². The van der Waals surface area contributed by atoms with Gasteiger partial charge in [0.15, 0.2) is 11.5 Å². The maximum absolute atomic E-state index is 8.58. The fourth-order valence-corrected chi connectivity index (χ4v) is 1.23. The number of furan rings is 1. The predicted octanol–water partition coefficient (Wildman–Crippen LogP) is 2.54. The SMILES string of the molecule is C/C(=N\O)c1ccc(-c2ccccn2)o1. The van der Waals surface area contributed by atoms with Gasteiger partial charge < -0.3 is 9.62 Å². The van der Waals surface area contributed by atoms with Gasteiger partial charge in [0, 0.05) is 6.20 Å². The van der Waals surface area contributed by atoms with Gasteiger partial charge in [0.05, 0.1) is 0 Å². The van der Waals surface area contributed by atoms with Crippen molar-refractivity contribution in [1.29, 1.82) is 0 Å². The fourth-order valence-electron chi connectivity index (χ4n) is 1.23. The molecule has 2 rings (SSSR count). The Morgan fingerprint density at radius 3 is 2.87 bits per heavy atom. The van der Waals surface area contributed by atoms with Crippen LogP contribution in [-0.4, -0.2) is 15.9 Å². The summed E-state index contributed by atoms with van der Waals surface area (Å²) in [6.07, 6.45) is 1.70. The summed E-state index contributed by atoms with van der Waals surface area (Å²) in [4.78, 5) is 4.15. The third-order valence-electron chi connectivity index (χ3n) is 2.03. The van der Waals surface area contributed by atoms with Crippen LogP contribution in [-0.2, 0) is 0 Å². The van der Waals surface area contributed by atoms with E-state index < -0.39 is 0 Å². The molecule has 0 saturated heterocycles. The zero-order valence-corrected chi connectivity index (χ0v) is 8.21. The number of aromatic nitrogens is 1. The quantitative estimate of drug-likeness (QED) is 0.462. The van der Waals surface area contributed by atoms with Crippen LogP contribution in [0.1, 0.15) is 12.7 Å². The van der Waals surface area contributed by atoms with E-state index in [1.165, 1.54) is 0 Å².